The van der Waals surface area contributed by atoms with Crippen molar-refractivity contribution in [1.82, 2.24) is 10.3 Å². The van der Waals surface area contributed by atoms with Gasteiger partial charge in [-0.15, -0.1) is 0 Å². The van der Waals surface area contributed by atoms with Gasteiger partial charge in [0.05, 0.1) is 5.56 Å². The van der Waals surface area contributed by atoms with E-state index in [4.69, 9.17) is 5.11 Å². The molecular weight excluding hydrogens is 210 g/mol. The molecule has 0 fully saturated rings. The highest BCUT2D eigenvalue weighted by Crippen LogP contribution is 2.11. The molecular formula is C10H13N3O3. The van der Waals surface area contributed by atoms with Crippen LogP contribution in [0, 0.1) is 6.92 Å². The molecule has 0 aromatic carbocycles. The zero-order valence-corrected chi connectivity index (χ0v) is 9.07. The summed E-state index contributed by atoms with van der Waals surface area (Å²) >= 11 is 0. The SMILES string of the molecule is CCNC(=O)Nc1cc(C)c(C(=O)O)cn1. The molecule has 1 heterocycles. The minimum absolute atomic E-state index is 0.126. The normalized spacial score (nSPS) is 9.62. The van der Waals surface area contributed by atoms with Crippen LogP contribution in [0.5, 0.6) is 0 Å². The molecule has 0 aliphatic carbocycles. The van der Waals surface area contributed by atoms with Gasteiger partial charge in [-0.25, -0.2) is 14.6 Å². The quantitative estimate of drug-likeness (QED) is 0.718. The molecule has 6 heteroatoms. The summed E-state index contributed by atoms with van der Waals surface area (Å²) in [6.07, 6.45) is 1.22. The Morgan fingerprint density at radius 1 is 1.50 bits per heavy atom. The van der Waals surface area contributed by atoms with Gasteiger partial charge in [-0.3, -0.25) is 5.32 Å². The van der Waals surface area contributed by atoms with Gasteiger partial charge in [0.25, 0.3) is 0 Å². The molecule has 1 aromatic heterocycles. The maximum atomic E-state index is 11.2. The number of pyridine rings is 1. The van der Waals surface area contributed by atoms with Gasteiger partial charge in [0, 0.05) is 12.7 Å². The zero-order valence-electron chi connectivity index (χ0n) is 9.07. The molecule has 1 rings (SSSR count). The van der Waals surface area contributed by atoms with E-state index in [0.717, 1.165) is 0 Å². The van der Waals surface area contributed by atoms with Crippen molar-refractivity contribution in [3.05, 3.63) is 23.4 Å². The van der Waals surface area contributed by atoms with Crippen molar-refractivity contribution in [2.24, 2.45) is 0 Å². The largest absolute Gasteiger partial charge is 0.478 e. The van der Waals surface area contributed by atoms with Crippen molar-refractivity contribution in [1.29, 1.82) is 0 Å². The van der Waals surface area contributed by atoms with E-state index in [9.17, 15) is 9.59 Å². The number of carbonyl (C=O) groups is 2. The second kappa shape index (κ2) is 5.11. The number of anilines is 1. The van der Waals surface area contributed by atoms with Crippen LogP contribution in [-0.4, -0.2) is 28.6 Å². The highest BCUT2D eigenvalue weighted by atomic mass is 16.4. The number of nitrogens with one attached hydrogen (secondary N) is 2. The summed E-state index contributed by atoms with van der Waals surface area (Å²) in [5.41, 5.74) is 0.677. The maximum Gasteiger partial charge on any atom is 0.337 e. The van der Waals surface area contributed by atoms with Crippen molar-refractivity contribution in [3.63, 3.8) is 0 Å². The number of carboxylic acids is 1. The lowest BCUT2D eigenvalue weighted by molar-refractivity contribution is 0.0695. The summed E-state index contributed by atoms with van der Waals surface area (Å²) in [4.78, 5) is 25.7. The number of hydrogen-bond acceptors (Lipinski definition) is 3. The van der Waals surface area contributed by atoms with Gasteiger partial charge in [0.15, 0.2) is 0 Å². The van der Waals surface area contributed by atoms with Crippen LogP contribution >= 0.6 is 0 Å². The average molecular weight is 223 g/mol. The van der Waals surface area contributed by atoms with Crippen molar-refractivity contribution in [3.8, 4) is 0 Å². The van der Waals surface area contributed by atoms with Gasteiger partial charge in [0.1, 0.15) is 5.82 Å². The first-order chi connectivity index (χ1) is 7.54. The fraction of sp³-hybridized carbons (Fsp3) is 0.300. The predicted molar refractivity (Wildman–Crippen MR) is 58.6 cm³/mol. The van der Waals surface area contributed by atoms with Gasteiger partial charge in [0.2, 0.25) is 0 Å². The topological polar surface area (TPSA) is 91.3 Å². The number of aryl methyl sites for hydroxylation is 1. The number of aromatic carboxylic acids is 1. The Morgan fingerprint density at radius 3 is 2.69 bits per heavy atom. The molecule has 6 nitrogen and oxygen atoms in total. The molecule has 0 aliphatic rings. The number of hydrogen-bond donors (Lipinski definition) is 3. The van der Waals surface area contributed by atoms with Gasteiger partial charge >= 0.3 is 12.0 Å². The second-order valence-electron chi connectivity index (χ2n) is 3.17. The number of carboxylic acid groups (broad SMARTS) is 1. The Bertz CT molecular complexity index is 418. The van der Waals surface area contributed by atoms with Crippen molar-refractivity contribution >= 4 is 17.8 Å². The summed E-state index contributed by atoms with van der Waals surface area (Å²) in [5.74, 6) is -0.706. The van der Waals surface area contributed by atoms with Crippen LogP contribution < -0.4 is 10.6 Å². The predicted octanol–water partition coefficient (Wildman–Crippen LogP) is 1.23. The number of urea groups is 1. The molecule has 0 saturated carbocycles. The molecule has 16 heavy (non-hydrogen) atoms. The van der Waals surface area contributed by atoms with Gasteiger partial charge in [-0.05, 0) is 25.5 Å². The Labute approximate surface area is 92.7 Å². The molecule has 1 aromatic rings. The highest BCUT2D eigenvalue weighted by molar-refractivity contribution is 5.91. The monoisotopic (exact) mass is 223 g/mol. The molecule has 0 saturated heterocycles. The number of rotatable bonds is 3. The molecule has 0 radical (unpaired) electrons. The number of nitrogens with zero attached hydrogens (tertiary/aromatic N) is 1. The van der Waals surface area contributed by atoms with E-state index in [1.165, 1.54) is 12.3 Å². The molecule has 0 bridgehead atoms. The summed E-state index contributed by atoms with van der Waals surface area (Å²) in [7, 11) is 0. The molecule has 86 valence electrons. The van der Waals surface area contributed by atoms with E-state index in [0.29, 0.717) is 17.9 Å². The van der Waals surface area contributed by atoms with Crippen LogP contribution in [-0.2, 0) is 0 Å². The van der Waals surface area contributed by atoms with E-state index < -0.39 is 5.97 Å². The first-order valence-electron chi connectivity index (χ1n) is 4.79. The van der Waals surface area contributed by atoms with E-state index >= 15 is 0 Å². The van der Waals surface area contributed by atoms with Crippen LogP contribution in [0.25, 0.3) is 0 Å². The second-order valence-corrected chi connectivity index (χ2v) is 3.17. The Balaban J connectivity index is 2.81. The Morgan fingerprint density at radius 2 is 2.19 bits per heavy atom. The molecule has 2 amide bonds. The van der Waals surface area contributed by atoms with E-state index in [-0.39, 0.29) is 11.6 Å². The molecule has 3 N–H and O–H groups in total. The molecule has 0 spiro atoms. The molecule has 0 atom stereocenters. The molecule has 0 aliphatic heterocycles. The third-order valence-electron chi connectivity index (χ3n) is 1.92. The van der Waals surface area contributed by atoms with Crippen molar-refractivity contribution < 1.29 is 14.7 Å². The maximum absolute atomic E-state index is 11.2. The summed E-state index contributed by atoms with van der Waals surface area (Å²) in [6.45, 7) is 3.96. The van der Waals surface area contributed by atoms with E-state index in [2.05, 4.69) is 15.6 Å². The third-order valence-corrected chi connectivity index (χ3v) is 1.92. The summed E-state index contributed by atoms with van der Waals surface area (Å²) in [5, 5.41) is 13.8. The minimum Gasteiger partial charge on any atom is -0.478 e. The summed E-state index contributed by atoms with van der Waals surface area (Å²) < 4.78 is 0. The fourth-order valence-electron chi connectivity index (χ4n) is 1.17. The van der Waals surface area contributed by atoms with Crippen molar-refractivity contribution in [2.45, 2.75) is 13.8 Å². The smallest absolute Gasteiger partial charge is 0.337 e. The van der Waals surface area contributed by atoms with Gasteiger partial charge in [-0.2, -0.15) is 0 Å². The lowest BCUT2D eigenvalue weighted by Gasteiger charge is -2.06. The zero-order chi connectivity index (χ0) is 12.1. The number of aromatic nitrogens is 1. The highest BCUT2D eigenvalue weighted by Gasteiger charge is 2.09. The van der Waals surface area contributed by atoms with Crippen LogP contribution in [0.1, 0.15) is 22.8 Å². The van der Waals surface area contributed by atoms with E-state index in [1.807, 2.05) is 0 Å². The Kier molecular flexibility index (Phi) is 3.82. The third kappa shape index (κ3) is 2.94. The van der Waals surface area contributed by atoms with Gasteiger partial charge in [-0.1, -0.05) is 0 Å². The van der Waals surface area contributed by atoms with Gasteiger partial charge < -0.3 is 10.4 Å². The number of carbonyl (C=O) groups excluding carboxylic acids is 1. The standard InChI is InChI=1S/C10H13N3O3/c1-3-11-10(16)13-8-4-6(2)7(5-12-8)9(14)15/h4-5H,3H2,1-2H3,(H,14,15)(H2,11,12,13,16). The van der Waals surface area contributed by atoms with Crippen LogP contribution in [0.4, 0.5) is 10.6 Å². The summed E-state index contributed by atoms with van der Waals surface area (Å²) in [6, 6.07) is 1.15. The first kappa shape index (κ1) is 12.0. The minimum atomic E-state index is -1.03. The van der Waals surface area contributed by atoms with Crippen LogP contribution in [0.2, 0.25) is 0 Å². The molecule has 0 unspecified atom stereocenters. The van der Waals surface area contributed by atoms with Crippen molar-refractivity contribution in [2.75, 3.05) is 11.9 Å². The van der Waals surface area contributed by atoms with Crippen LogP contribution in [0.3, 0.4) is 0 Å². The first-order valence-corrected chi connectivity index (χ1v) is 4.79. The average Bonchev–Trinajstić information content (AvgIpc) is 2.17. The lowest BCUT2D eigenvalue weighted by atomic mass is 10.1. The van der Waals surface area contributed by atoms with E-state index in [1.54, 1.807) is 13.8 Å². The lowest BCUT2D eigenvalue weighted by Crippen LogP contribution is -2.28. The van der Waals surface area contributed by atoms with Crippen LogP contribution in [0.15, 0.2) is 12.3 Å². The fourth-order valence-corrected chi connectivity index (χ4v) is 1.17. The number of amides is 2. The Hall–Kier alpha value is -2.11.